The van der Waals surface area contributed by atoms with Gasteiger partial charge in [-0.2, -0.15) is 18.3 Å². The number of benzene rings is 1. The molecule has 29 heavy (non-hydrogen) atoms. The summed E-state index contributed by atoms with van der Waals surface area (Å²) < 4.78 is 40.8. The van der Waals surface area contributed by atoms with Crippen LogP contribution in [0.1, 0.15) is 46.4 Å². The summed E-state index contributed by atoms with van der Waals surface area (Å²) in [5.74, 6) is -0.665. The molecular weight excluding hydrogens is 385 g/mol. The lowest BCUT2D eigenvalue weighted by Crippen LogP contribution is -2.39. The number of fused-ring (bicyclic) bond motifs is 1. The quantitative estimate of drug-likeness (QED) is 0.799. The summed E-state index contributed by atoms with van der Waals surface area (Å²) in [6.45, 7) is 1.02. The van der Waals surface area contributed by atoms with Gasteiger partial charge in [-0.3, -0.25) is 14.3 Å². The minimum absolute atomic E-state index is 0.110. The number of nitrogens with one attached hydrogen (secondary N) is 1. The van der Waals surface area contributed by atoms with Gasteiger partial charge in [0.15, 0.2) is 0 Å². The van der Waals surface area contributed by atoms with Crippen LogP contribution in [-0.2, 0) is 29.4 Å². The molecule has 1 atom stereocenters. The Morgan fingerprint density at radius 1 is 1.31 bits per heavy atom. The molecule has 2 aliphatic rings. The summed E-state index contributed by atoms with van der Waals surface area (Å²) >= 11 is 0. The molecule has 1 aliphatic carbocycles. The SMILES string of the molecule is NC(=O)c1cnn2c1C[C@H](CNC(=O)C1(c3cccc(C(F)(F)F)c3)CC1)CC2. The van der Waals surface area contributed by atoms with Gasteiger partial charge in [-0.05, 0) is 43.2 Å². The van der Waals surface area contributed by atoms with E-state index in [4.69, 9.17) is 5.73 Å². The first-order valence-electron chi connectivity index (χ1n) is 9.51. The van der Waals surface area contributed by atoms with E-state index in [1.165, 1.54) is 12.3 Å². The predicted molar refractivity (Wildman–Crippen MR) is 97.9 cm³/mol. The highest BCUT2D eigenvalue weighted by atomic mass is 19.4. The van der Waals surface area contributed by atoms with E-state index in [2.05, 4.69) is 10.4 Å². The maximum atomic E-state index is 13.0. The van der Waals surface area contributed by atoms with Gasteiger partial charge >= 0.3 is 6.18 Å². The zero-order valence-corrected chi connectivity index (χ0v) is 15.6. The van der Waals surface area contributed by atoms with Gasteiger partial charge in [0.1, 0.15) is 0 Å². The zero-order chi connectivity index (χ0) is 20.8. The van der Waals surface area contributed by atoms with Crippen molar-refractivity contribution in [3.05, 3.63) is 52.8 Å². The second-order valence-electron chi connectivity index (χ2n) is 7.82. The number of carbonyl (C=O) groups is 2. The van der Waals surface area contributed by atoms with Gasteiger partial charge in [0.05, 0.1) is 28.4 Å². The van der Waals surface area contributed by atoms with E-state index >= 15 is 0 Å². The highest BCUT2D eigenvalue weighted by Crippen LogP contribution is 2.49. The lowest BCUT2D eigenvalue weighted by molar-refractivity contribution is -0.137. The van der Waals surface area contributed by atoms with Crippen LogP contribution in [0.2, 0.25) is 0 Å². The van der Waals surface area contributed by atoms with Crippen molar-refractivity contribution in [2.45, 2.75) is 43.8 Å². The molecule has 2 aromatic rings. The van der Waals surface area contributed by atoms with Crippen molar-refractivity contribution in [3.8, 4) is 0 Å². The van der Waals surface area contributed by atoms with E-state index in [1.807, 2.05) is 0 Å². The van der Waals surface area contributed by atoms with Crippen LogP contribution in [-0.4, -0.2) is 28.1 Å². The molecule has 4 rings (SSSR count). The molecule has 154 valence electrons. The Bertz CT molecular complexity index is 963. The number of hydrogen-bond donors (Lipinski definition) is 2. The molecule has 9 heteroatoms. The molecule has 0 unspecified atom stereocenters. The zero-order valence-electron chi connectivity index (χ0n) is 15.6. The van der Waals surface area contributed by atoms with Gasteiger partial charge in [-0.25, -0.2) is 0 Å². The van der Waals surface area contributed by atoms with E-state index in [0.29, 0.717) is 43.5 Å². The highest BCUT2D eigenvalue weighted by molar-refractivity contribution is 5.93. The predicted octanol–water partition coefficient (Wildman–Crippen LogP) is 2.41. The van der Waals surface area contributed by atoms with Crippen LogP contribution in [0, 0.1) is 5.92 Å². The normalized spacial score (nSPS) is 20.0. The summed E-state index contributed by atoms with van der Waals surface area (Å²) in [6, 6.07) is 5.02. The van der Waals surface area contributed by atoms with Crippen LogP contribution in [0.4, 0.5) is 13.2 Å². The third-order valence-corrected chi connectivity index (χ3v) is 5.92. The fourth-order valence-electron chi connectivity index (χ4n) is 4.05. The molecule has 0 saturated heterocycles. The smallest absolute Gasteiger partial charge is 0.365 e. The standard InChI is InChI=1S/C20H21F3N4O2/c21-20(22,23)14-3-1-2-13(9-14)19(5-6-19)18(29)25-10-12-4-7-27-16(8-12)15(11-26-27)17(24)28/h1-3,9,11-12H,4-8,10H2,(H2,24,28)(H,25,29)/t12-/m1/s1. The van der Waals surface area contributed by atoms with Gasteiger partial charge < -0.3 is 11.1 Å². The maximum absolute atomic E-state index is 13.0. The number of nitrogens with zero attached hydrogens (tertiary/aromatic N) is 2. The summed E-state index contributed by atoms with van der Waals surface area (Å²) in [5.41, 5.74) is 5.32. The van der Waals surface area contributed by atoms with Crippen LogP contribution in [0.3, 0.4) is 0 Å². The fraction of sp³-hybridized carbons (Fsp3) is 0.450. The number of halogens is 3. The van der Waals surface area contributed by atoms with E-state index < -0.39 is 23.1 Å². The first kappa shape index (κ1) is 19.5. The third-order valence-electron chi connectivity index (χ3n) is 5.92. The first-order chi connectivity index (χ1) is 13.7. The summed E-state index contributed by atoms with van der Waals surface area (Å²) in [4.78, 5) is 24.3. The molecule has 2 heterocycles. The fourth-order valence-corrected chi connectivity index (χ4v) is 4.05. The number of aromatic nitrogens is 2. The number of alkyl halides is 3. The molecule has 1 saturated carbocycles. The molecule has 1 aliphatic heterocycles. The Hall–Kier alpha value is -2.84. The van der Waals surface area contributed by atoms with Crippen molar-refractivity contribution in [1.82, 2.24) is 15.1 Å². The van der Waals surface area contributed by atoms with Crippen molar-refractivity contribution in [2.75, 3.05) is 6.54 Å². The van der Waals surface area contributed by atoms with Gasteiger partial charge in [0, 0.05) is 13.1 Å². The minimum atomic E-state index is -4.44. The molecule has 0 bridgehead atoms. The average molecular weight is 406 g/mol. The Labute approximate surface area is 165 Å². The second-order valence-corrected chi connectivity index (χ2v) is 7.82. The largest absolute Gasteiger partial charge is 0.416 e. The Morgan fingerprint density at radius 2 is 2.07 bits per heavy atom. The lowest BCUT2D eigenvalue weighted by Gasteiger charge is -2.25. The monoisotopic (exact) mass is 406 g/mol. The van der Waals surface area contributed by atoms with Crippen LogP contribution in [0.25, 0.3) is 0 Å². The van der Waals surface area contributed by atoms with Crippen LogP contribution >= 0.6 is 0 Å². The molecule has 3 N–H and O–H groups in total. The van der Waals surface area contributed by atoms with Crippen molar-refractivity contribution in [1.29, 1.82) is 0 Å². The molecule has 0 radical (unpaired) electrons. The lowest BCUT2D eigenvalue weighted by atomic mass is 9.91. The van der Waals surface area contributed by atoms with Crippen molar-refractivity contribution < 1.29 is 22.8 Å². The van der Waals surface area contributed by atoms with E-state index in [-0.39, 0.29) is 11.8 Å². The minimum Gasteiger partial charge on any atom is -0.365 e. The number of hydrogen-bond acceptors (Lipinski definition) is 3. The second kappa shape index (κ2) is 6.89. The Morgan fingerprint density at radius 3 is 2.72 bits per heavy atom. The number of rotatable bonds is 5. The van der Waals surface area contributed by atoms with Gasteiger partial charge in [-0.15, -0.1) is 0 Å². The molecule has 1 aromatic heterocycles. The first-order valence-corrected chi connectivity index (χ1v) is 9.51. The van der Waals surface area contributed by atoms with E-state index in [1.54, 1.807) is 10.7 Å². The summed E-state index contributed by atoms with van der Waals surface area (Å²) in [7, 11) is 0. The van der Waals surface area contributed by atoms with E-state index in [0.717, 1.165) is 24.2 Å². The number of carbonyl (C=O) groups excluding carboxylic acids is 2. The number of nitrogens with two attached hydrogens (primary N) is 1. The molecule has 1 aromatic carbocycles. The van der Waals surface area contributed by atoms with Crippen LogP contribution < -0.4 is 11.1 Å². The number of amides is 2. The van der Waals surface area contributed by atoms with Crippen LogP contribution in [0.15, 0.2) is 30.5 Å². The maximum Gasteiger partial charge on any atom is 0.416 e. The average Bonchev–Trinajstić information content (AvgIpc) is 3.39. The Kier molecular flexibility index (Phi) is 4.63. The Balaban J connectivity index is 1.43. The highest BCUT2D eigenvalue weighted by Gasteiger charge is 2.51. The molecular formula is C20H21F3N4O2. The topological polar surface area (TPSA) is 90.0 Å². The van der Waals surface area contributed by atoms with Gasteiger partial charge in [0.25, 0.3) is 5.91 Å². The molecule has 0 spiro atoms. The molecule has 1 fully saturated rings. The summed E-state index contributed by atoms with van der Waals surface area (Å²) in [5, 5.41) is 7.08. The van der Waals surface area contributed by atoms with Crippen molar-refractivity contribution in [2.24, 2.45) is 11.7 Å². The van der Waals surface area contributed by atoms with Crippen LogP contribution in [0.5, 0.6) is 0 Å². The molecule has 2 amide bonds. The van der Waals surface area contributed by atoms with Gasteiger partial charge in [0.2, 0.25) is 5.91 Å². The number of aryl methyl sites for hydroxylation is 1. The van der Waals surface area contributed by atoms with Crippen molar-refractivity contribution >= 4 is 11.8 Å². The van der Waals surface area contributed by atoms with Crippen molar-refractivity contribution in [3.63, 3.8) is 0 Å². The third kappa shape index (κ3) is 3.61. The summed E-state index contributed by atoms with van der Waals surface area (Å²) in [6.07, 6.45) is -0.567. The molecule has 6 nitrogen and oxygen atoms in total. The number of primary amides is 1. The van der Waals surface area contributed by atoms with Gasteiger partial charge in [-0.1, -0.05) is 18.2 Å². The van der Waals surface area contributed by atoms with E-state index in [9.17, 15) is 22.8 Å².